The largest absolute Gasteiger partial charge is 0.484 e. The summed E-state index contributed by atoms with van der Waals surface area (Å²) in [6, 6.07) is 5.92. The van der Waals surface area contributed by atoms with Gasteiger partial charge in [-0.2, -0.15) is 0 Å². The summed E-state index contributed by atoms with van der Waals surface area (Å²) >= 11 is 0. The van der Waals surface area contributed by atoms with E-state index in [-0.39, 0.29) is 18.4 Å². The zero-order chi connectivity index (χ0) is 23.6. The van der Waals surface area contributed by atoms with Gasteiger partial charge in [-0.25, -0.2) is 4.79 Å². The Bertz CT molecular complexity index is 1100. The van der Waals surface area contributed by atoms with Crippen molar-refractivity contribution >= 4 is 22.8 Å². The number of nitrogens with zero attached hydrogens (tertiary/aromatic N) is 1. The van der Waals surface area contributed by atoms with Crippen LogP contribution in [0.25, 0.3) is 11.0 Å². The lowest BCUT2D eigenvalue weighted by Crippen LogP contribution is -2.57. The Morgan fingerprint density at radius 1 is 1.30 bits per heavy atom. The number of nitrogens with one attached hydrogen (secondary N) is 1. The number of fused-ring (bicyclic) bond motifs is 2. The maximum atomic E-state index is 12.9. The molecule has 178 valence electrons. The lowest BCUT2D eigenvalue weighted by atomic mass is 9.71. The highest BCUT2D eigenvalue weighted by atomic mass is 16.5. The molecular weight excluding hydrogens is 424 g/mol. The van der Waals surface area contributed by atoms with Crippen molar-refractivity contribution in [3.8, 4) is 5.75 Å². The molecule has 0 bridgehead atoms. The molecule has 8 nitrogen and oxygen atoms in total. The highest BCUT2D eigenvalue weighted by molar-refractivity contribution is 5.88. The van der Waals surface area contributed by atoms with Crippen LogP contribution in [-0.2, 0) is 16.0 Å². The number of aryl methyl sites for hydroxylation is 1. The predicted molar refractivity (Wildman–Crippen MR) is 123 cm³/mol. The second-order valence-electron chi connectivity index (χ2n) is 9.26. The van der Waals surface area contributed by atoms with Gasteiger partial charge in [0.2, 0.25) is 5.91 Å². The summed E-state index contributed by atoms with van der Waals surface area (Å²) in [4.78, 5) is 38.8. The van der Waals surface area contributed by atoms with Gasteiger partial charge in [0.1, 0.15) is 17.4 Å². The van der Waals surface area contributed by atoms with Crippen LogP contribution in [0.2, 0.25) is 0 Å². The standard InChI is InChI=1S/C25H32N2O6/c1-3-17-12-23(29)33-21-13-19(7-8-20(17)21)32-15-22(28)26-16(2)24(30)27-11-10-25(31)9-5-4-6-18(25)14-27/h7-8,12-13,16,18,31H,3-6,9-11,14-15H2,1-2H3,(H,26,28)/t16-,18+,25+/m0/s1. The molecule has 8 heteroatoms. The highest BCUT2D eigenvalue weighted by Crippen LogP contribution is 2.39. The monoisotopic (exact) mass is 456 g/mol. The third kappa shape index (κ3) is 5.05. The van der Waals surface area contributed by atoms with Gasteiger partial charge in [-0.05, 0) is 50.3 Å². The summed E-state index contributed by atoms with van der Waals surface area (Å²) in [5, 5.41) is 14.4. The summed E-state index contributed by atoms with van der Waals surface area (Å²) in [6.45, 7) is 4.41. The van der Waals surface area contributed by atoms with E-state index >= 15 is 0 Å². The minimum absolute atomic E-state index is 0.108. The molecule has 1 aliphatic carbocycles. The molecule has 3 atom stereocenters. The summed E-state index contributed by atoms with van der Waals surface area (Å²) in [6.07, 6.45) is 5.15. The van der Waals surface area contributed by atoms with Crippen LogP contribution in [0.5, 0.6) is 5.75 Å². The van der Waals surface area contributed by atoms with Crippen LogP contribution in [0, 0.1) is 5.92 Å². The number of aliphatic hydroxyl groups is 1. The van der Waals surface area contributed by atoms with Crippen LogP contribution in [0.4, 0.5) is 0 Å². The van der Waals surface area contributed by atoms with Gasteiger partial charge in [0.15, 0.2) is 6.61 Å². The van der Waals surface area contributed by atoms with Gasteiger partial charge in [-0.15, -0.1) is 0 Å². The number of hydrogen-bond donors (Lipinski definition) is 2. The molecule has 0 unspecified atom stereocenters. The van der Waals surface area contributed by atoms with Crippen LogP contribution in [0.1, 0.15) is 51.5 Å². The third-order valence-electron chi connectivity index (χ3n) is 7.04. The fourth-order valence-corrected chi connectivity index (χ4v) is 5.13. The first-order chi connectivity index (χ1) is 15.8. The van der Waals surface area contributed by atoms with Gasteiger partial charge in [-0.1, -0.05) is 19.8 Å². The summed E-state index contributed by atoms with van der Waals surface area (Å²) in [7, 11) is 0. The molecule has 4 rings (SSSR count). The SMILES string of the molecule is CCc1cc(=O)oc2cc(OCC(=O)N[C@@H](C)C(=O)N3CC[C@]4(O)CCCC[C@@H]4C3)ccc12. The van der Waals surface area contributed by atoms with Gasteiger partial charge in [0, 0.05) is 36.5 Å². The van der Waals surface area contributed by atoms with Crippen LogP contribution in [0.15, 0.2) is 33.5 Å². The van der Waals surface area contributed by atoms with Crippen LogP contribution >= 0.6 is 0 Å². The average molecular weight is 457 g/mol. The van der Waals surface area contributed by atoms with E-state index in [0.29, 0.717) is 37.3 Å². The van der Waals surface area contributed by atoms with Crippen LogP contribution < -0.4 is 15.7 Å². The average Bonchev–Trinajstić information content (AvgIpc) is 2.80. The molecule has 2 fully saturated rings. The molecule has 2 aliphatic rings. The molecular formula is C25H32N2O6. The number of hydrogen-bond acceptors (Lipinski definition) is 6. The molecule has 2 heterocycles. The highest BCUT2D eigenvalue weighted by Gasteiger charge is 2.44. The summed E-state index contributed by atoms with van der Waals surface area (Å²) in [5.74, 6) is -0.0431. The number of carbonyl (C=O) groups is 2. The van der Waals surface area contributed by atoms with Gasteiger partial charge in [0.25, 0.3) is 5.91 Å². The number of piperidine rings is 1. The van der Waals surface area contributed by atoms with Crippen molar-refractivity contribution in [3.63, 3.8) is 0 Å². The van der Waals surface area contributed by atoms with E-state index in [9.17, 15) is 19.5 Å². The minimum atomic E-state index is -0.683. The molecule has 2 N–H and O–H groups in total. The predicted octanol–water partition coefficient (Wildman–Crippen LogP) is 2.39. The first-order valence-electron chi connectivity index (χ1n) is 11.8. The fraction of sp³-hybridized carbons (Fsp3) is 0.560. The maximum Gasteiger partial charge on any atom is 0.336 e. The fourth-order valence-electron chi connectivity index (χ4n) is 5.13. The molecule has 2 aromatic rings. The molecule has 1 aromatic carbocycles. The number of benzene rings is 1. The summed E-state index contributed by atoms with van der Waals surface area (Å²) < 4.78 is 10.8. The Morgan fingerprint density at radius 3 is 2.91 bits per heavy atom. The van der Waals surface area contributed by atoms with E-state index in [1.54, 1.807) is 30.0 Å². The van der Waals surface area contributed by atoms with Crippen molar-refractivity contribution in [2.24, 2.45) is 5.92 Å². The Labute approximate surface area is 192 Å². The zero-order valence-corrected chi connectivity index (χ0v) is 19.3. The molecule has 1 saturated carbocycles. The lowest BCUT2D eigenvalue weighted by molar-refractivity contribution is -0.146. The van der Waals surface area contributed by atoms with E-state index < -0.39 is 23.2 Å². The second-order valence-corrected chi connectivity index (χ2v) is 9.26. The van der Waals surface area contributed by atoms with E-state index in [1.165, 1.54) is 6.07 Å². The normalized spacial score (nSPS) is 23.6. The van der Waals surface area contributed by atoms with Gasteiger partial charge in [0.05, 0.1) is 5.60 Å². The van der Waals surface area contributed by atoms with Gasteiger partial charge >= 0.3 is 5.63 Å². The number of ether oxygens (including phenoxy) is 1. The topological polar surface area (TPSA) is 109 Å². The van der Waals surface area contributed by atoms with Gasteiger partial charge < -0.3 is 24.5 Å². The Balaban J connectivity index is 1.31. The molecule has 33 heavy (non-hydrogen) atoms. The number of rotatable bonds is 6. The lowest BCUT2D eigenvalue weighted by Gasteiger charge is -2.47. The van der Waals surface area contributed by atoms with Crippen molar-refractivity contribution < 1.29 is 23.8 Å². The van der Waals surface area contributed by atoms with E-state index in [1.807, 2.05) is 6.92 Å². The summed E-state index contributed by atoms with van der Waals surface area (Å²) in [5.41, 5.74) is 0.230. The first-order valence-corrected chi connectivity index (χ1v) is 11.8. The number of carbonyl (C=O) groups excluding carboxylic acids is 2. The molecule has 0 spiro atoms. The van der Waals surface area contributed by atoms with E-state index in [0.717, 1.165) is 36.6 Å². The Kier molecular flexibility index (Phi) is 6.74. The second kappa shape index (κ2) is 9.55. The molecule has 1 aliphatic heterocycles. The molecule has 1 aromatic heterocycles. The van der Waals surface area contributed by atoms with E-state index in [4.69, 9.17) is 9.15 Å². The Hall–Kier alpha value is -2.87. The molecule has 1 saturated heterocycles. The number of amides is 2. The van der Waals surface area contributed by atoms with Crippen molar-refractivity contribution in [2.75, 3.05) is 19.7 Å². The molecule has 0 radical (unpaired) electrons. The molecule has 2 amide bonds. The van der Waals surface area contributed by atoms with Crippen molar-refractivity contribution in [2.45, 2.75) is 64.0 Å². The first kappa shape index (κ1) is 23.3. The van der Waals surface area contributed by atoms with Crippen LogP contribution in [-0.4, -0.2) is 53.2 Å². The smallest absolute Gasteiger partial charge is 0.336 e. The minimum Gasteiger partial charge on any atom is -0.484 e. The van der Waals surface area contributed by atoms with E-state index in [2.05, 4.69) is 5.32 Å². The number of likely N-dealkylation sites (tertiary alicyclic amines) is 1. The zero-order valence-electron chi connectivity index (χ0n) is 19.3. The van der Waals surface area contributed by atoms with Crippen LogP contribution in [0.3, 0.4) is 0 Å². The van der Waals surface area contributed by atoms with Crippen molar-refractivity contribution in [1.29, 1.82) is 0 Å². The van der Waals surface area contributed by atoms with Crippen molar-refractivity contribution in [1.82, 2.24) is 10.2 Å². The quantitative estimate of drug-likeness (QED) is 0.646. The third-order valence-corrected chi connectivity index (χ3v) is 7.04. The Morgan fingerprint density at radius 2 is 2.12 bits per heavy atom. The maximum absolute atomic E-state index is 12.9. The van der Waals surface area contributed by atoms with Crippen molar-refractivity contribution in [3.05, 3.63) is 40.2 Å². The van der Waals surface area contributed by atoms with Gasteiger partial charge in [-0.3, -0.25) is 9.59 Å².